The molecule has 1 aromatic rings. The van der Waals surface area contributed by atoms with Crippen molar-refractivity contribution in [2.24, 2.45) is 5.92 Å². The van der Waals surface area contributed by atoms with Gasteiger partial charge in [0.15, 0.2) is 0 Å². The van der Waals surface area contributed by atoms with Crippen molar-refractivity contribution < 1.29 is 5.11 Å². The van der Waals surface area contributed by atoms with Gasteiger partial charge in [-0.3, -0.25) is 0 Å². The van der Waals surface area contributed by atoms with Crippen LogP contribution in [0.5, 0.6) is 0 Å². The van der Waals surface area contributed by atoms with E-state index in [9.17, 15) is 5.11 Å². The molecule has 1 aliphatic rings. The van der Waals surface area contributed by atoms with Crippen molar-refractivity contribution in [3.63, 3.8) is 0 Å². The minimum Gasteiger partial charge on any atom is -0.388 e. The molecule has 1 N–H and O–H groups in total. The van der Waals surface area contributed by atoms with E-state index in [-0.39, 0.29) is 6.10 Å². The molecule has 0 saturated heterocycles. The van der Waals surface area contributed by atoms with Crippen LogP contribution in [-0.2, 0) is 0 Å². The monoisotopic (exact) mass is 204 g/mol. The van der Waals surface area contributed by atoms with Crippen molar-refractivity contribution in [2.45, 2.75) is 45.1 Å². The minimum absolute atomic E-state index is 0.285. The Kier molecular flexibility index (Phi) is 3.11. The highest BCUT2D eigenvalue weighted by Crippen LogP contribution is 2.43. The van der Waals surface area contributed by atoms with Crippen molar-refractivity contribution in [3.05, 3.63) is 35.4 Å². The lowest BCUT2D eigenvalue weighted by molar-refractivity contribution is 0.114. The van der Waals surface area contributed by atoms with Crippen molar-refractivity contribution in [1.82, 2.24) is 0 Å². The average molecular weight is 204 g/mol. The number of hydrogen-bond acceptors (Lipinski definition) is 1. The zero-order valence-corrected chi connectivity index (χ0v) is 9.61. The van der Waals surface area contributed by atoms with Crippen LogP contribution in [0.25, 0.3) is 0 Å². The van der Waals surface area contributed by atoms with Crippen LogP contribution in [0.1, 0.15) is 56.3 Å². The van der Waals surface area contributed by atoms with Gasteiger partial charge in [0.05, 0.1) is 6.10 Å². The lowest BCUT2D eigenvalue weighted by Crippen LogP contribution is -2.10. The Labute approximate surface area is 92.1 Å². The Morgan fingerprint density at radius 1 is 1.33 bits per heavy atom. The number of aliphatic hydroxyl groups excluding tert-OH is 1. The molecule has 0 heterocycles. The Morgan fingerprint density at radius 2 is 2.00 bits per heavy atom. The fourth-order valence-electron chi connectivity index (χ4n) is 2.08. The first-order chi connectivity index (χ1) is 7.24. The van der Waals surface area contributed by atoms with E-state index >= 15 is 0 Å². The van der Waals surface area contributed by atoms with Gasteiger partial charge in [0.25, 0.3) is 0 Å². The molecule has 0 bridgehead atoms. The summed E-state index contributed by atoms with van der Waals surface area (Å²) in [5.41, 5.74) is 2.54. The maximum absolute atomic E-state index is 10.2. The molecule has 0 amide bonds. The Morgan fingerprint density at radius 3 is 2.60 bits per heavy atom. The van der Waals surface area contributed by atoms with Crippen LogP contribution in [0, 0.1) is 5.92 Å². The molecule has 1 heteroatoms. The van der Waals surface area contributed by atoms with Gasteiger partial charge < -0.3 is 5.11 Å². The van der Waals surface area contributed by atoms with Crippen LogP contribution in [0.4, 0.5) is 0 Å². The number of hydrogen-bond donors (Lipinski definition) is 1. The summed E-state index contributed by atoms with van der Waals surface area (Å²) >= 11 is 0. The third kappa shape index (κ3) is 2.23. The Bertz CT molecular complexity index is 328. The SMILES string of the molecule is CCC(C)C(O)c1ccccc1C1CC1. The third-order valence-electron chi connectivity index (χ3n) is 3.51. The largest absolute Gasteiger partial charge is 0.388 e. The van der Waals surface area contributed by atoms with Crippen molar-refractivity contribution in [3.8, 4) is 0 Å². The summed E-state index contributed by atoms with van der Waals surface area (Å²) in [5, 5.41) is 10.2. The van der Waals surface area contributed by atoms with Crippen LogP contribution in [-0.4, -0.2) is 5.11 Å². The van der Waals surface area contributed by atoms with Crippen molar-refractivity contribution in [1.29, 1.82) is 0 Å². The highest BCUT2D eigenvalue weighted by atomic mass is 16.3. The molecule has 0 spiro atoms. The van der Waals surface area contributed by atoms with Gasteiger partial charge in [-0.05, 0) is 35.8 Å². The molecule has 1 nitrogen and oxygen atoms in total. The van der Waals surface area contributed by atoms with Crippen LogP contribution < -0.4 is 0 Å². The summed E-state index contributed by atoms with van der Waals surface area (Å²) in [6.45, 7) is 4.25. The molecule has 2 unspecified atom stereocenters. The first kappa shape index (κ1) is 10.7. The van der Waals surface area contributed by atoms with Crippen LogP contribution >= 0.6 is 0 Å². The van der Waals surface area contributed by atoms with E-state index in [1.807, 2.05) is 6.07 Å². The van der Waals surface area contributed by atoms with Crippen LogP contribution in [0.2, 0.25) is 0 Å². The van der Waals surface area contributed by atoms with E-state index in [1.54, 1.807) is 0 Å². The normalized spacial score (nSPS) is 19.9. The smallest absolute Gasteiger partial charge is 0.0818 e. The molecule has 0 aliphatic heterocycles. The summed E-state index contributed by atoms with van der Waals surface area (Å²) in [7, 11) is 0. The lowest BCUT2D eigenvalue weighted by Gasteiger charge is -2.20. The molecule has 1 aliphatic carbocycles. The van der Waals surface area contributed by atoms with Gasteiger partial charge >= 0.3 is 0 Å². The number of benzene rings is 1. The van der Waals surface area contributed by atoms with Gasteiger partial charge in [-0.15, -0.1) is 0 Å². The molecule has 0 aromatic heterocycles. The van der Waals surface area contributed by atoms with Crippen LogP contribution in [0.3, 0.4) is 0 Å². The fraction of sp³-hybridized carbons (Fsp3) is 0.571. The summed E-state index contributed by atoms with van der Waals surface area (Å²) in [6.07, 6.45) is 3.33. The van der Waals surface area contributed by atoms with E-state index in [0.29, 0.717) is 5.92 Å². The topological polar surface area (TPSA) is 20.2 Å². The van der Waals surface area contributed by atoms with Gasteiger partial charge in [-0.2, -0.15) is 0 Å². The molecule has 1 aromatic carbocycles. The molecule has 15 heavy (non-hydrogen) atoms. The summed E-state index contributed by atoms with van der Waals surface area (Å²) < 4.78 is 0. The molecular weight excluding hydrogens is 184 g/mol. The van der Waals surface area contributed by atoms with Gasteiger partial charge in [0.2, 0.25) is 0 Å². The molecule has 1 saturated carbocycles. The summed E-state index contributed by atoms with van der Waals surface area (Å²) in [6, 6.07) is 8.39. The fourth-order valence-corrected chi connectivity index (χ4v) is 2.08. The maximum Gasteiger partial charge on any atom is 0.0818 e. The summed E-state index contributed by atoms with van der Waals surface area (Å²) in [5.74, 6) is 1.07. The molecular formula is C14H20O. The highest BCUT2D eigenvalue weighted by Gasteiger charge is 2.28. The predicted octanol–water partition coefficient (Wildman–Crippen LogP) is 3.64. The van der Waals surface area contributed by atoms with Gasteiger partial charge in [-0.25, -0.2) is 0 Å². The molecule has 1 fully saturated rings. The molecule has 82 valence electrons. The third-order valence-corrected chi connectivity index (χ3v) is 3.51. The zero-order chi connectivity index (χ0) is 10.8. The van der Waals surface area contributed by atoms with E-state index in [2.05, 4.69) is 32.0 Å². The van der Waals surface area contributed by atoms with Gasteiger partial charge in [-0.1, -0.05) is 44.5 Å². The molecule has 0 radical (unpaired) electrons. The predicted molar refractivity (Wildman–Crippen MR) is 62.8 cm³/mol. The average Bonchev–Trinajstić information content (AvgIpc) is 3.11. The van der Waals surface area contributed by atoms with Crippen LogP contribution in [0.15, 0.2) is 24.3 Å². The second kappa shape index (κ2) is 4.36. The maximum atomic E-state index is 10.2. The first-order valence-electron chi connectivity index (χ1n) is 6.01. The second-order valence-corrected chi connectivity index (χ2v) is 4.73. The first-order valence-corrected chi connectivity index (χ1v) is 6.01. The molecule has 2 rings (SSSR count). The van der Waals surface area contributed by atoms with Gasteiger partial charge in [0, 0.05) is 0 Å². The number of aliphatic hydroxyl groups is 1. The van der Waals surface area contributed by atoms with E-state index in [1.165, 1.54) is 18.4 Å². The number of rotatable bonds is 4. The minimum atomic E-state index is -0.285. The Hall–Kier alpha value is -0.820. The Balaban J connectivity index is 2.25. The lowest BCUT2D eigenvalue weighted by atomic mass is 9.90. The molecule has 2 atom stereocenters. The second-order valence-electron chi connectivity index (χ2n) is 4.73. The van der Waals surface area contributed by atoms with E-state index in [4.69, 9.17) is 0 Å². The van der Waals surface area contributed by atoms with Crippen molar-refractivity contribution in [2.75, 3.05) is 0 Å². The standard InChI is InChI=1S/C14H20O/c1-3-10(2)14(15)13-7-5-4-6-12(13)11-8-9-11/h4-7,10-11,14-15H,3,8-9H2,1-2H3. The van der Waals surface area contributed by atoms with Crippen molar-refractivity contribution >= 4 is 0 Å². The van der Waals surface area contributed by atoms with E-state index in [0.717, 1.165) is 17.9 Å². The quantitative estimate of drug-likeness (QED) is 0.793. The highest BCUT2D eigenvalue weighted by molar-refractivity contribution is 5.35. The van der Waals surface area contributed by atoms with Gasteiger partial charge in [0.1, 0.15) is 0 Å². The summed E-state index contributed by atoms with van der Waals surface area (Å²) in [4.78, 5) is 0. The zero-order valence-electron chi connectivity index (χ0n) is 9.61. The van der Waals surface area contributed by atoms with E-state index < -0.39 is 0 Å².